The van der Waals surface area contributed by atoms with Gasteiger partial charge >= 0.3 is 0 Å². The maximum atomic E-state index is 11.5. The van der Waals surface area contributed by atoms with E-state index in [4.69, 9.17) is 5.73 Å². The molecule has 4 N–H and O–H groups in total. The molecule has 1 saturated heterocycles. The quantitative estimate of drug-likeness (QED) is 0.742. The molecule has 0 aliphatic carbocycles. The predicted molar refractivity (Wildman–Crippen MR) is 74.1 cm³/mol. The number of carbonyl (C=O) groups excluding carboxylic acids is 1. The van der Waals surface area contributed by atoms with Crippen molar-refractivity contribution in [1.29, 1.82) is 0 Å². The summed E-state index contributed by atoms with van der Waals surface area (Å²) in [4.78, 5) is 13.8. The molecule has 1 aromatic carbocycles. The Morgan fingerprint density at radius 1 is 1.42 bits per heavy atom. The van der Waals surface area contributed by atoms with Crippen molar-refractivity contribution in [3.63, 3.8) is 0 Å². The van der Waals surface area contributed by atoms with Crippen LogP contribution in [0.25, 0.3) is 0 Å². The SMILES string of the molecule is NC1C(=O)Nc2cc(N3CCCCC3CO)ccc21. The largest absolute Gasteiger partial charge is 0.394 e. The molecule has 0 saturated carbocycles. The number of amides is 1. The number of nitrogens with zero attached hydrogens (tertiary/aromatic N) is 1. The first kappa shape index (κ1) is 12.4. The molecule has 102 valence electrons. The van der Waals surface area contributed by atoms with Crippen LogP contribution in [0.5, 0.6) is 0 Å². The number of carbonyl (C=O) groups is 1. The summed E-state index contributed by atoms with van der Waals surface area (Å²) >= 11 is 0. The van der Waals surface area contributed by atoms with Gasteiger partial charge in [-0.05, 0) is 31.4 Å². The van der Waals surface area contributed by atoms with Crippen molar-refractivity contribution in [2.24, 2.45) is 5.73 Å². The van der Waals surface area contributed by atoms with E-state index in [0.29, 0.717) is 0 Å². The van der Waals surface area contributed by atoms with Crippen molar-refractivity contribution >= 4 is 17.3 Å². The summed E-state index contributed by atoms with van der Waals surface area (Å²) in [6.45, 7) is 1.12. The molecule has 0 radical (unpaired) electrons. The minimum absolute atomic E-state index is 0.149. The molecule has 2 aliphatic heterocycles. The highest BCUT2D eigenvalue weighted by molar-refractivity contribution is 6.02. The fourth-order valence-corrected chi connectivity index (χ4v) is 2.98. The van der Waals surface area contributed by atoms with Crippen LogP contribution in [0.15, 0.2) is 18.2 Å². The van der Waals surface area contributed by atoms with Crippen molar-refractivity contribution in [2.75, 3.05) is 23.4 Å². The fraction of sp³-hybridized carbons (Fsp3) is 0.500. The summed E-state index contributed by atoms with van der Waals surface area (Å²) in [5, 5.41) is 12.3. The van der Waals surface area contributed by atoms with Gasteiger partial charge < -0.3 is 21.1 Å². The highest BCUT2D eigenvalue weighted by atomic mass is 16.3. The Balaban J connectivity index is 1.90. The van der Waals surface area contributed by atoms with E-state index in [2.05, 4.69) is 10.2 Å². The maximum Gasteiger partial charge on any atom is 0.245 e. The molecule has 19 heavy (non-hydrogen) atoms. The van der Waals surface area contributed by atoms with Crippen molar-refractivity contribution in [2.45, 2.75) is 31.3 Å². The van der Waals surface area contributed by atoms with Crippen molar-refractivity contribution in [3.8, 4) is 0 Å². The Hall–Kier alpha value is -1.59. The molecule has 5 heteroatoms. The second-order valence-electron chi connectivity index (χ2n) is 5.26. The molecule has 0 aromatic heterocycles. The molecule has 0 spiro atoms. The number of aliphatic hydroxyl groups excluding tert-OH is 1. The van der Waals surface area contributed by atoms with Gasteiger partial charge in [0.25, 0.3) is 0 Å². The summed E-state index contributed by atoms with van der Waals surface area (Å²) < 4.78 is 0. The number of aliphatic hydroxyl groups is 1. The van der Waals surface area contributed by atoms with Crippen LogP contribution in [-0.4, -0.2) is 30.2 Å². The molecular formula is C14H19N3O2. The highest BCUT2D eigenvalue weighted by Gasteiger charge is 2.29. The molecule has 2 aliphatic rings. The second kappa shape index (κ2) is 4.83. The van der Waals surface area contributed by atoms with E-state index in [9.17, 15) is 9.90 Å². The molecule has 1 aromatic rings. The average molecular weight is 261 g/mol. The van der Waals surface area contributed by atoms with Gasteiger partial charge in [0.05, 0.1) is 12.6 Å². The zero-order valence-electron chi connectivity index (χ0n) is 10.8. The fourth-order valence-electron chi connectivity index (χ4n) is 2.98. The van der Waals surface area contributed by atoms with Crippen LogP contribution in [0.4, 0.5) is 11.4 Å². The number of fused-ring (bicyclic) bond motifs is 1. The molecule has 1 fully saturated rings. The number of nitrogens with two attached hydrogens (primary N) is 1. The third kappa shape index (κ3) is 2.09. The summed E-state index contributed by atoms with van der Waals surface area (Å²) in [6.07, 6.45) is 3.31. The van der Waals surface area contributed by atoms with Gasteiger partial charge in [0, 0.05) is 23.5 Å². The summed E-state index contributed by atoms with van der Waals surface area (Å²) in [5.41, 5.74) is 8.51. The van der Waals surface area contributed by atoms with Gasteiger partial charge in [0.1, 0.15) is 6.04 Å². The highest BCUT2D eigenvalue weighted by Crippen LogP contribution is 2.34. The lowest BCUT2D eigenvalue weighted by molar-refractivity contribution is -0.116. The Labute approximate surface area is 112 Å². The van der Waals surface area contributed by atoms with Crippen molar-refractivity contribution in [1.82, 2.24) is 0 Å². The standard InChI is InChI=1S/C14H19N3O2/c15-13-11-5-4-9(7-12(11)16-14(13)19)17-6-2-1-3-10(17)8-18/h4-5,7,10,13,18H,1-3,6,8,15H2,(H,16,19). The first-order valence-corrected chi connectivity index (χ1v) is 6.78. The molecule has 2 heterocycles. The molecule has 0 bridgehead atoms. The van der Waals surface area contributed by atoms with Gasteiger partial charge in [-0.15, -0.1) is 0 Å². The van der Waals surface area contributed by atoms with Crippen molar-refractivity contribution < 1.29 is 9.90 Å². The van der Waals surface area contributed by atoms with E-state index < -0.39 is 6.04 Å². The smallest absolute Gasteiger partial charge is 0.245 e. The molecular weight excluding hydrogens is 242 g/mol. The Morgan fingerprint density at radius 3 is 3.05 bits per heavy atom. The first-order chi connectivity index (χ1) is 9.20. The lowest BCUT2D eigenvalue weighted by Crippen LogP contribution is -2.41. The monoisotopic (exact) mass is 261 g/mol. The van der Waals surface area contributed by atoms with Gasteiger partial charge in [-0.2, -0.15) is 0 Å². The number of piperidine rings is 1. The van der Waals surface area contributed by atoms with E-state index in [1.165, 1.54) is 0 Å². The minimum atomic E-state index is -0.556. The summed E-state index contributed by atoms with van der Waals surface area (Å²) in [6, 6.07) is 5.49. The van der Waals surface area contributed by atoms with Crippen LogP contribution in [0, 0.1) is 0 Å². The Kier molecular flexibility index (Phi) is 3.16. The van der Waals surface area contributed by atoms with Gasteiger partial charge in [-0.1, -0.05) is 6.07 Å². The van der Waals surface area contributed by atoms with Gasteiger partial charge in [0.15, 0.2) is 0 Å². The number of hydrogen-bond acceptors (Lipinski definition) is 4. The van der Waals surface area contributed by atoms with E-state index >= 15 is 0 Å². The van der Waals surface area contributed by atoms with Crippen LogP contribution >= 0.6 is 0 Å². The normalized spacial score (nSPS) is 26.2. The maximum absolute atomic E-state index is 11.5. The molecule has 2 atom stereocenters. The van der Waals surface area contributed by atoms with Gasteiger partial charge in [-0.25, -0.2) is 0 Å². The van der Waals surface area contributed by atoms with Crippen LogP contribution in [0.2, 0.25) is 0 Å². The number of anilines is 2. The topological polar surface area (TPSA) is 78.6 Å². The van der Waals surface area contributed by atoms with Gasteiger partial charge in [-0.3, -0.25) is 4.79 Å². The van der Waals surface area contributed by atoms with Crippen LogP contribution in [-0.2, 0) is 4.79 Å². The molecule has 5 nitrogen and oxygen atoms in total. The number of nitrogens with one attached hydrogen (secondary N) is 1. The molecule has 2 unspecified atom stereocenters. The average Bonchev–Trinajstić information content (AvgIpc) is 2.73. The second-order valence-corrected chi connectivity index (χ2v) is 5.26. The van der Waals surface area contributed by atoms with E-state index in [0.717, 1.165) is 42.7 Å². The number of hydrogen-bond donors (Lipinski definition) is 3. The third-order valence-electron chi connectivity index (χ3n) is 4.08. The number of benzene rings is 1. The van der Waals surface area contributed by atoms with Crippen LogP contribution in [0.1, 0.15) is 30.9 Å². The third-order valence-corrected chi connectivity index (χ3v) is 4.08. The first-order valence-electron chi connectivity index (χ1n) is 6.78. The lowest BCUT2D eigenvalue weighted by atomic mass is 10.0. The van der Waals surface area contributed by atoms with Crippen LogP contribution < -0.4 is 16.0 Å². The van der Waals surface area contributed by atoms with E-state index in [1.807, 2.05) is 18.2 Å². The zero-order valence-corrected chi connectivity index (χ0v) is 10.8. The Bertz CT molecular complexity index is 503. The Morgan fingerprint density at radius 2 is 2.26 bits per heavy atom. The zero-order chi connectivity index (χ0) is 13.4. The molecule has 1 amide bonds. The van der Waals surface area contributed by atoms with E-state index in [1.54, 1.807) is 0 Å². The van der Waals surface area contributed by atoms with E-state index in [-0.39, 0.29) is 18.6 Å². The van der Waals surface area contributed by atoms with Gasteiger partial charge in [0.2, 0.25) is 5.91 Å². The summed E-state index contributed by atoms with van der Waals surface area (Å²) in [5.74, 6) is -0.149. The van der Waals surface area contributed by atoms with Crippen LogP contribution in [0.3, 0.4) is 0 Å². The molecule has 3 rings (SSSR count). The number of rotatable bonds is 2. The summed E-state index contributed by atoms with van der Waals surface area (Å²) in [7, 11) is 0. The minimum Gasteiger partial charge on any atom is -0.394 e. The van der Waals surface area contributed by atoms with Crippen molar-refractivity contribution in [3.05, 3.63) is 23.8 Å². The predicted octanol–water partition coefficient (Wildman–Crippen LogP) is 0.990. The lowest BCUT2D eigenvalue weighted by Gasteiger charge is -2.36.